The molecule has 0 unspecified atom stereocenters. The van der Waals surface area contributed by atoms with Crippen LogP contribution in [0.4, 0.5) is 5.69 Å². The summed E-state index contributed by atoms with van der Waals surface area (Å²) >= 11 is 0. The van der Waals surface area contributed by atoms with Crippen molar-refractivity contribution < 1.29 is 13.2 Å². The zero-order valence-corrected chi connectivity index (χ0v) is 15.1. The fraction of sp³-hybridized carbons (Fsp3) is 0. The average Bonchev–Trinajstić information content (AvgIpc) is 2.69. The van der Waals surface area contributed by atoms with Gasteiger partial charge in [0, 0.05) is 11.3 Å². The Bertz CT molecular complexity index is 1050. The van der Waals surface area contributed by atoms with E-state index in [4.69, 9.17) is 0 Å². The van der Waals surface area contributed by atoms with Crippen LogP contribution in [-0.2, 0) is 10.0 Å². The molecule has 0 bridgehead atoms. The van der Waals surface area contributed by atoms with E-state index in [0.717, 1.165) is 5.56 Å². The van der Waals surface area contributed by atoms with Gasteiger partial charge in [0.05, 0.1) is 11.1 Å². The van der Waals surface area contributed by atoms with E-state index >= 15 is 0 Å². The quantitative estimate of drug-likeness (QED) is 0.509. The van der Waals surface area contributed by atoms with Gasteiger partial charge in [0.25, 0.3) is 15.9 Å². The summed E-state index contributed by atoms with van der Waals surface area (Å²) in [5, 5.41) is 6.49. The molecule has 7 heteroatoms. The monoisotopic (exact) mass is 379 g/mol. The van der Waals surface area contributed by atoms with Crippen LogP contribution in [0.15, 0.2) is 94.9 Å². The van der Waals surface area contributed by atoms with E-state index in [2.05, 4.69) is 15.2 Å². The molecule has 0 aliphatic rings. The lowest BCUT2D eigenvalue weighted by atomic mass is 10.2. The van der Waals surface area contributed by atoms with Crippen LogP contribution in [-0.4, -0.2) is 20.5 Å². The normalized spacial score (nSPS) is 11.3. The summed E-state index contributed by atoms with van der Waals surface area (Å²) in [6.45, 7) is 0. The number of anilines is 1. The van der Waals surface area contributed by atoms with Gasteiger partial charge < -0.3 is 5.32 Å². The number of para-hydroxylation sites is 1. The Hall–Kier alpha value is -3.45. The molecule has 27 heavy (non-hydrogen) atoms. The Labute approximate surface area is 157 Å². The summed E-state index contributed by atoms with van der Waals surface area (Å²) in [7, 11) is -3.89. The Balaban J connectivity index is 1.73. The molecule has 2 N–H and O–H groups in total. The second kappa shape index (κ2) is 8.29. The standard InChI is InChI=1S/C20H17N3O3S/c24-20(22-18-11-5-2-6-12-18)17-10-7-13-19(14-17)27(25,26)23-21-15-16-8-3-1-4-9-16/h1-15,23H,(H,22,24)/b21-15-. The number of hydrogen-bond acceptors (Lipinski definition) is 4. The fourth-order valence-corrected chi connectivity index (χ4v) is 3.13. The molecule has 0 aliphatic heterocycles. The minimum Gasteiger partial charge on any atom is -0.322 e. The first-order valence-electron chi connectivity index (χ1n) is 8.11. The second-order valence-corrected chi connectivity index (χ2v) is 7.27. The van der Waals surface area contributed by atoms with Crippen molar-refractivity contribution in [3.63, 3.8) is 0 Å². The molecule has 136 valence electrons. The van der Waals surface area contributed by atoms with Gasteiger partial charge in [-0.15, -0.1) is 0 Å². The first-order chi connectivity index (χ1) is 13.0. The van der Waals surface area contributed by atoms with Crippen molar-refractivity contribution >= 4 is 27.8 Å². The highest BCUT2D eigenvalue weighted by molar-refractivity contribution is 7.89. The second-order valence-electron chi connectivity index (χ2n) is 5.61. The predicted octanol–water partition coefficient (Wildman–Crippen LogP) is 3.25. The summed E-state index contributed by atoms with van der Waals surface area (Å²) in [6.07, 6.45) is 1.41. The van der Waals surface area contributed by atoms with Crippen molar-refractivity contribution in [2.75, 3.05) is 5.32 Å². The number of carbonyl (C=O) groups is 1. The molecule has 0 heterocycles. The molecule has 0 radical (unpaired) electrons. The van der Waals surface area contributed by atoms with Gasteiger partial charge >= 0.3 is 0 Å². The van der Waals surface area contributed by atoms with E-state index in [-0.39, 0.29) is 10.5 Å². The number of hydrazone groups is 1. The third-order valence-corrected chi connectivity index (χ3v) is 4.84. The number of carbonyl (C=O) groups excluding carboxylic acids is 1. The molecule has 3 rings (SSSR count). The van der Waals surface area contributed by atoms with Crippen molar-refractivity contribution in [3.05, 3.63) is 96.1 Å². The van der Waals surface area contributed by atoms with Crippen molar-refractivity contribution in [1.82, 2.24) is 4.83 Å². The van der Waals surface area contributed by atoms with Crippen LogP contribution < -0.4 is 10.1 Å². The molecule has 1 amide bonds. The Morgan fingerprint density at radius 3 is 2.22 bits per heavy atom. The molecule has 3 aromatic rings. The van der Waals surface area contributed by atoms with Crippen LogP contribution in [0.25, 0.3) is 0 Å². The molecule has 0 aliphatic carbocycles. The topological polar surface area (TPSA) is 87.6 Å². The lowest BCUT2D eigenvalue weighted by molar-refractivity contribution is 0.102. The van der Waals surface area contributed by atoms with Crippen LogP contribution in [0, 0.1) is 0 Å². The Morgan fingerprint density at radius 1 is 0.852 bits per heavy atom. The highest BCUT2D eigenvalue weighted by Crippen LogP contribution is 2.14. The number of nitrogens with one attached hydrogen (secondary N) is 2. The maximum atomic E-state index is 12.4. The average molecular weight is 379 g/mol. The van der Waals surface area contributed by atoms with Crippen molar-refractivity contribution in [1.29, 1.82) is 0 Å². The third kappa shape index (κ3) is 5.02. The minimum atomic E-state index is -3.89. The highest BCUT2D eigenvalue weighted by Gasteiger charge is 2.15. The number of hydrogen-bond donors (Lipinski definition) is 2. The van der Waals surface area contributed by atoms with Gasteiger partial charge in [-0.05, 0) is 35.9 Å². The predicted molar refractivity (Wildman–Crippen MR) is 105 cm³/mol. The smallest absolute Gasteiger partial charge is 0.276 e. The van der Waals surface area contributed by atoms with Gasteiger partial charge in [-0.1, -0.05) is 54.6 Å². The zero-order chi connectivity index (χ0) is 19.1. The van der Waals surface area contributed by atoms with Crippen LogP contribution in [0.5, 0.6) is 0 Å². The molecule has 0 aromatic heterocycles. The number of rotatable bonds is 6. The molecule has 0 saturated carbocycles. The number of benzene rings is 3. The zero-order valence-electron chi connectivity index (χ0n) is 14.2. The van der Waals surface area contributed by atoms with Gasteiger partial charge in [-0.2, -0.15) is 13.5 Å². The van der Waals surface area contributed by atoms with Crippen LogP contribution >= 0.6 is 0 Å². The third-order valence-electron chi connectivity index (χ3n) is 3.62. The van der Waals surface area contributed by atoms with Gasteiger partial charge in [-0.3, -0.25) is 4.79 Å². The van der Waals surface area contributed by atoms with E-state index in [1.807, 2.05) is 24.3 Å². The highest BCUT2D eigenvalue weighted by atomic mass is 32.2. The molecule has 0 spiro atoms. The van der Waals surface area contributed by atoms with E-state index in [1.54, 1.807) is 42.5 Å². The molecule has 3 aromatic carbocycles. The first-order valence-corrected chi connectivity index (χ1v) is 9.59. The lowest BCUT2D eigenvalue weighted by Gasteiger charge is -2.07. The van der Waals surface area contributed by atoms with Crippen molar-refractivity contribution in [3.8, 4) is 0 Å². The summed E-state index contributed by atoms with van der Waals surface area (Å²) in [5.41, 5.74) is 1.62. The van der Waals surface area contributed by atoms with Crippen molar-refractivity contribution in [2.24, 2.45) is 5.10 Å². The van der Waals surface area contributed by atoms with Crippen molar-refractivity contribution in [2.45, 2.75) is 4.90 Å². The van der Waals surface area contributed by atoms with Gasteiger partial charge in [0.15, 0.2) is 0 Å². The number of sulfonamides is 1. The molecular weight excluding hydrogens is 362 g/mol. The largest absolute Gasteiger partial charge is 0.322 e. The van der Waals surface area contributed by atoms with Crippen LogP contribution in [0.3, 0.4) is 0 Å². The summed E-state index contributed by atoms with van der Waals surface area (Å²) in [6, 6.07) is 23.8. The molecular formula is C20H17N3O3S. The molecule has 0 saturated heterocycles. The first kappa shape index (κ1) is 18.3. The van der Waals surface area contributed by atoms with Crippen LogP contribution in [0.1, 0.15) is 15.9 Å². The number of amides is 1. The Morgan fingerprint density at radius 2 is 1.52 bits per heavy atom. The summed E-state index contributed by atoms with van der Waals surface area (Å²) in [4.78, 5) is 14.4. The van der Waals surface area contributed by atoms with Crippen LogP contribution in [0.2, 0.25) is 0 Å². The SMILES string of the molecule is O=C(Nc1ccccc1)c1cccc(S(=O)(=O)N/N=C\c2ccccc2)c1. The van der Waals surface area contributed by atoms with E-state index < -0.39 is 15.9 Å². The van der Waals surface area contributed by atoms with E-state index in [0.29, 0.717) is 5.69 Å². The molecule has 0 fully saturated rings. The molecule has 6 nitrogen and oxygen atoms in total. The summed E-state index contributed by atoms with van der Waals surface area (Å²) in [5.74, 6) is -0.397. The van der Waals surface area contributed by atoms with Gasteiger partial charge in [-0.25, -0.2) is 4.83 Å². The Kier molecular flexibility index (Phi) is 5.63. The maximum absolute atomic E-state index is 12.4. The summed E-state index contributed by atoms with van der Waals surface area (Å²) < 4.78 is 24.8. The minimum absolute atomic E-state index is 0.0478. The van der Waals surface area contributed by atoms with Gasteiger partial charge in [0.1, 0.15) is 0 Å². The maximum Gasteiger partial charge on any atom is 0.276 e. The lowest BCUT2D eigenvalue weighted by Crippen LogP contribution is -2.19. The van der Waals surface area contributed by atoms with E-state index in [9.17, 15) is 13.2 Å². The van der Waals surface area contributed by atoms with Gasteiger partial charge in [0.2, 0.25) is 0 Å². The fourth-order valence-electron chi connectivity index (χ4n) is 2.29. The molecule has 0 atom stereocenters. The van der Waals surface area contributed by atoms with E-state index in [1.165, 1.54) is 24.4 Å². The number of nitrogens with zero attached hydrogens (tertiary/aromatic N) is 1.